The van der Waals surface area contributed by atoms with Gasteiger partial charge in [0, 0.05) is 18.7 Å². The van der Waals surface area contributed by atoms with Crippen LogP contribution in [-0.4, -0.2) is 57.3 Å². The van der Waals surface area contributed by atoms with Crippen molar-refractivity contribution < 1.29 is 17.9 Å². The normalized spacial score (nSPS) is 24.7. The fourth-order valence-electron chi connectivity index (χ4n) is 3.20. The van der Waals surface area contributed by atoms with Crippen LogP contribution in [0.4, 0.5) is 5.69 Å². The van der Waals surface area contributed by atoms with E-state index in [1.54, 1.807) is 12.1 Å². The predicted molar refractivity (Wildman–Crippen MR) is 88.2 cm³/mol. The zero-order valence-electron chi connectivity index (χ0n) is 13.7. The largest absolute Gasteiger partial charge is 0.375 e. The molecule has 0 N–H and O–H groups in total. The van der Waals surface area contributed by atoms with E-state index in [1.165, 1.54) is 10.6 Å². The standard InChI is InChI=1S/C16H22N2O4S/c1-11-10-22-12(2)9-17(11)16(19)14-4-5-15-13(8-14)6-7-18(15)23(3,20)21/h4-5,8,11-12H,6-7,9-10H2,1-3H3/t11-,12-/m0/s1. The molecule has 1 aromatic rings. The van der Waals surface area contributed by atoms with Gasteiger partial charge in [-0.15, -0.1) is 0 Å². The third-order valence-electron chi connectivity index (χ3n) is 4.45. The van der Waals surface area contributed by atoms with Gasteiger partial charge in [0.2, 0.25) is 10.0 Å². The van der Waals surface area contributed by atoms with Crippen LogP contribution in [0.15, 0.2) is 18.2 Å². The molecule has 0 spiro atoms. The number of amides is 1. The number of carbonyl (C=O) groups is 1. The highest BCUT2D eigenvalue weighted by Crippen LogP contribution is 2.31. The summed E-state index contributed by atoms with van der Waals surface area (Å²) < 4.78 is 30.5. The Balaban J connectivity index is 1.87. The number of rotatable bonds is 2. The number of benzene rings is 1. The highest BCUT2D eigenvalue weighted by molar-refractivity contribution is 7.92. The van der Waals surface area contributed by atoms with Gasteiger partial charge in [-0.05, 0) is 44.0 Å². The maximum atomic E-state index is 12.8. The number of hydrogen-bond donors (Lipinski definition) is 0. The number of nitrogens with zero attached hydrogens (tertiary/aromatic N) is 2. The first kappa shape index (κ1) is 16.3. The second kappa shape index (κ2) is 5.79. The van der Waals surface area contributed by atoms with Gasteiger partial charge in [0.1, 0.15) is 0 Å². The van der Waals surface area contributed by atoms with E-state index in [0.717, 1.165) is 5.56 Å². The Kier molecular flexibility index (Phi) is 4.10. The molecule has 0 radical (unpaired) electrons. The molecule has 1 amide bonds. The van der Waals surface area contributed by atoms with E-state index < -0.39 is 10.0 Å². The molecular formula is C16H22N2O4S. The Morgan fingerprint density at radius 3 is 2.74 bits per heavy atom. The molecule has 2 aliphatic rings. The quantitative estimate of drug-likeness (QED) is 0.814. The molecular weight excluding hydrogens is 316 g/mol. The molecule has 1 aromatic carbocycles. The minimum absolute atomic E-state index is 0.0201. The summed E-state index contributed by atoms with van der Waals surface area (Å²) >= 11 is 0. The van der Waals surface area contributed by atoms with Gasteiger partial charge in [0.25, 0.3) is 5.91 Å². The molecule has 1 saturated heterocycles. The molecule has 0 unspecified atom stereocenters. The molecule has 0 bridgehead atoms. The Bertz CT molecular complexity index is 732. The maximum Gasteiger partial charge on any atom is 0.254 e. The summed E-state index contributed by atoms with van der Waals surface area (Å²) in [6.07, 6.45) is 1.88. The van der Waals surface area contributed by atoms with Crippen molar-refractivity contribution in [3.05, 3.63) is 29.3 Å². The topological polar surface area (TPSA) is 66.9 Å². The van der Waals surface area contributed by atoms with Crippen molar-refractivity contribution in [3.8, 4) is 0 Å². The summed E-state index contributed by atoms with van der Waals surface area (Å²) in [5.41, 5.74) is 2.21. The van der Waals surface area contributed by atoms with Crippen molar-refractivity contribution in [1.82, 2.24) is 4.90 Å². The maximum absolute atomic E-state index is 12.8. The summed E-state index contributed by atoms with van der Waals surface area (Å²) in [7, 11) is -3.26. The van der Waals surface area contributed by atoms with Crippen molar-refractivity contribution in [2.45, 2.75) is 32.4 Å². The zero-order chi connectivity index (χ0) is 16.8. The number of ether oxygens (including phenoxy) is 1. The van der Waals surface area contributed by atoms with Gasteiger partial charge >= 0.3 is 0 Å². The first-order valence-electron chi connectivity index (χ1n) is 7.80. The lowest BCUT2D eigenvalue weighted by Crippen LogP contribution is -2.50. The molecule has 7 heteroatoms. The third-order valence-corrected chi connectivity index (χ3v) is 5.63. The van der Waals surface area contributed by atoms with Crippen LogP contribution in [-0.2, 0) is 21.2 Å². The van der Waals surface area contributed by atoms with Crippen LogP contribution in [0.3, 0.4) is 0 Å². The summed E-state index contributed by atoms with van der Waals surface area (Å²) in [5.74, 6) is -0.0201. The third kappa shape index (κ3) is 3.07. The predicted octanol–water partition coefficient (Wildman–Crippen LogP) is 1.26. The SMILES string of the molecule is C[C@H]1CN(C(=O)c2ccc3c(c2)CCN3S(C)(=O)=O)[C@@H](C)CO1. The number of anilines is 1. The van der Waals surface area contributed by atoms with Gasteiger partial charge < -0.3 is 9.64 Å². The lowest BCUT2D eigenvalue weighted by Gasteiger charge is -2.37. The van der Waals surface area contributed by atoms with Gasteiger partial charge in [-0.3, -0.25) is 9.10 Å². The van der Waals surface area contributed by atoms with Crippen molar-refractivity contribution in [3.63, 3.8) is 0 Å². The smallest absolute Gasteiger partial charge is 0.254 e. The molecule has 23 heavy (non-hydrogen) atoms. The Labute approximate surface area is 137 Å². The molecule has 0 aromatic heterocycles. The molecule has 2 heterocycles. The lowest BCUT2D eigenvalue weighted by atomic mass is 10.1. The lowest BCUT2D eigenvalue weighted by molar-refractivity contribution is -0.0387. The van der Waals surface area contributed by atoms with Gasteiger partial charge in [-0.25, -0.2) is 8.42 Å². The van der Waals surface area contributed by atoms with Gasteiger partial charge in [0.05, 0.1) is 30.7 Å². The van der Waals surface area contributed by atoms with Crippen molar-refractivity contribution in [2.24, 2.45) is 0 Å². The Hall–Kier alpha value is -1.60. The molecule has 6 nitrogen and oxygen atoms in total. The van der Waals surface area contributed by atoms with Crippen molar-refractivity contribution in [2.75, 3.05) is 30.3 Å². The number of fused-ring (bicyclic) bond motifs is 1. The van der Waals surface area contributed by atoms with Crippen LogP contribution in [0.2, 0.25) is 0 Å². The van der Waals surface area contributed by atoms with E-state index >= 15 is 0 Å². The zero-order valence-corrected chi connectivity index (χ0v) is 14.5. The molecule has 2 atom stereocenters. The highest BCUT2D eigenvalue weighted by Gasteiger charge is 2.30. The number of morpholine rings is 1. The first-order valence-corrected chi connectivity index (χ1v) is 9.65. The average Bonchev–Trinajstić information content (AvgIpc) is 2.92. The molecule has 1 fully saturated rings. The average molecular weight is 338 g/mol. The summed E-state index contributed by atoms with van der Waals surface area (Å²) in [6, 6.07) is 5.33. The Morgan fingerprint density at radius 2 is 2.04 bits per heavy atom. The molecule has 2 aliphatic heterocycles. The summed E-state index contributed by atoms with van der Waals surface area (Å²) in [4.78, 5) is 14.6. The van der Waals surface area contributed by atoms with Gasteiger partial charge in [0.15, 0.2) is 0 Å². The minimum Gasteiger partial charge on any atom is -0.375 e. The molecule has 126 valence electrons. The van der Waals surface area contributed by atoms with E-state index in [4.69, 9.17) is 4.74 Å². The number of sulfonamides is 1. The molecule has 0 saturated carbocycles. The van der Waals surface area contributed by atoms with E-state index in [-0.39, 0.29) is 18.1 Å². The second-order valence-electron chi connectivity index (χ2n) is 6.38. The minimum atomic E-state index is -3.26. The van der Waals surface area contributed by atoms with Gasteiger partial charge in [-0.2, -0.15) is 0 Å². The van der Waals surface area contributed by atoms with Crippen LogP contribution in [0.25, 0.3) is 0 Å². The van der Waals surface area contributed by atoms with Crippen molar-refractivity contribution in [1.29, 1.82) is 0 Å². The highest BCUT2D eigenvalue weighted by atomic mass is 32.2. The fraction of sp³-hybridized carbons (Fsp3) is 0.562. The second-order valence-corrected chi connectivity index (χ2v) is 8.29. The summed E-state index contributed by atoms with van der Waals surface area (Å²) in [6.45, 7) is 5.49. The molecule has 3 rings (SSSR count). The number of hydrogen-bond acceptors (Lipinski definition) is 4. The first-order chi connectivity index (χ1) is 10.8. The summed E-state index contributed by atoms with van der Waals surface area (Å²) in [5, 5.41) is 0. The van der Waals surface area contributed by atoms with Crippen LogP contribution in [0, 0.1) is 0 Å². The van der Waals surface area contributed by atoms with Crippen LogP contribution >= 0.6 is 0 Å². The number of carbonyl (C=O) groups excluding carboxylic acids is 1. The van der Waals surface area contributed by atoms with E-state index in [2.05, 4.69) is 0 Å². The Morgan fingerprint density at radius 1 is 1.30 bits per heavy atom. The van der Waals surface area contributed by atoms with Crippen LogP contribution in [0.1, 0.15) is 29.8 Å². The van der Waals surface area contributed by atoms with E-state index in [0.29, 0.717) is 37.4 Å². The molecule has 0 aliphatic carbocycles. The monoisotopic (exact) mass is 338 g/mol. The van der Waals surface area contributed by atoms with E-state index in [1.807, 2.05) is 24.8 Å². The van der Waals surface area contributed by atoms with Crippen LogP contribution in [0.5, 0.6) is 0 Å². The van der Waals surface area contributed by atoms with Gasteiger partial charge in [-0.1, -0.05) is 0 Å². The fourth-order valence-corrected chi connectivity index (χ4v) is 4.16. The van der Waals surface area contributed by atoms with Crippen molar-refractivity contribution >= 4 is 21.6 Å². The van der Waals surface area contributed by atoms with Crippen LogP contribution < -0.4 is 4.31 Å². The van der Waals surface area contributed by atoms with E-state index in [9.17, 15) is 13.2 Å².